The van der Waals surface area contributed by atoms with E-state index in [1.807, 2.05) is 43.3 Å². The van der Waals surface area contributed by atoms with Crippen LogP contribution in [-0.4, -0.2) is 47.0 Å². The molecule has 0 aliphatic rings. The molecular weight excluding hydrogens is 445 g/mol. The summed E-state index contributed by atoms with van der Waals surface area (Å²) in [4.78, 5) is 14.6. The van der Waals surface area contributed by atoms with Gasteiger partial charge in [0.1, 0.15) is 11.6 Å². The van der Waals surface area contributed by atoms with Crippen LogP contribution in [0.2, 0.25) is 0 Å². The summed E-state index contributed by atoms with van der Waals surface area (Å²) >= 11 is 0. The van der Waals surface area contributed by atoms with Gasteiger partial charge in [-0.1, -0.05) is 12.1 Å². The first-order chi connectivity index (χ1) is 15.7. The van der Waals surface area contributed by atoms with Gasteiger partial charge in [0.05, 0.1) is 18.0 Å². The first kappa shape index (κ1) is 24.2. The Morgan fingerprint density at radius 1 is 0.970 bits per heavy atom. The minimum Gasteiger partial charge on any atom is -0.497 e. The van der Waals surface area contributed by atoms with Crippen molar-refractivity contribution in [3.8, 4) is 5.75 Å². The van der Waals surface area contributed by atoms with Crippen molar-refractivity contribution in [1.82, 2.24) is 10.2 Å². The largest absolute Gasteiger partial charge is 0.497 e. The number of anilines is 1. The van der Waals surface area contributed by atoms with Crippen LogP contribution in [0.15, 0.2) is 77.7 Å². The number of ether oxygens (including phenoxy) is 1. The maximum absolute atomic E-state index is 13.0. The number of amides is 1. The zero-order valence-corrected chi connectivity index (χ0v) is 19.4. The van der Waals surface area contributed by atoms with E-state index >= 15 is 0 Å². The third-order valence-electron chi connectivity index (χ3n) is 5.10. The summed E-state index contributed by atoms with van der Waals surface area (Å²) in [6.07, 6.45) is 0. The van der Waals surface area contributed by atoms with Crippen LogP contribution in [0, 0.1) is 5.82 Å². The van der Waals surface area contributed by atoms with Gasteiger partial charge in [-0.2, -0.15) is 0 Å². The highest BCUT2D eigenvalue weighted by Crippen LogP contribution is 2.21. The fourth-order valence-corrected chi connectivity index (χ4v) is 4.29. The smallest absolute Gasteiger partial charge is 0.261 e. The standard InChI is InChI=1S/C24H26FN3O4S/c1-28(2)23(17-4-12-21(32-3)13-5-17)16-26-24(29)18-6-14-22(15-7-18)33(30,31)27-20-10-8-19(25)9-11-20/h4-15,23,27H,16H2,1-3H3,(H,26,29)/t23-/m0/s1. The fraction of sp³-hybridized carbons (Fsp3) is 0.208. The summed E-state index contributed by atoms with van der Waals surface area (Å²) in [5.41, 5.74) is 1.60. The molecule has 0 unspecified atom stereocenters. The Morgan fingerprint density at radius 2 is 1.58 bits per heavy atom. The number of halogens is 1. The molecule has 0 saturated carbocycles. The number of carbonyl (C=O) groups is 1. The highest BCUT2D eigenvalue weighted by Gasteiger charge is 2.18. The van der Waals surface area contributed by atoms with Crippen molar-refractivity contribution in [3.63, 3.8) is 0 Å². The minimum atomic E-state index is -3.87. The van der Waals surface area contributed by atoms with E-state index in [0.717, 1.165) is 23.4 Å². The number of hydrogen-bond acceptors (Lipinski definition) is 5. The molecule has 33 heavy (non-hydrogen) atoms. The second kappa shape index (κ2) is 10.5. The van der Waals surface area contributed by atoms with Crippen molar-refractivity contribution in [3.05, 3.63) is 89.7 Å². The van der Waals surface area contributed by atoms with E-state index in [1.54, 1.807) is 7.11 Å². The number of carbonyl (C=O) groups excluding carboxylic acids is 1. The number of likely N-dealkylation sites (N-methyl/N-ethyl adjacent to an activating group) is 1. The lowest BCUT2D eigenvalue weighted by Crippen LogP contribution is -2.34. The number of sulfonamides is 1. The highest BCUT2D eigenvalue weighted by molar-refractivity contribution is 7.92. The van der Waals surface area contributed by atoms with E-state index in [2.05, 4.69) is 10.0 Å². The normalized spacial score (nSPS) is 12.3. The predicted octanol–water partition coefficient (Wildman–Crippen LogP) is 3.67. The molecule has 0 aliphatic carbocycles. The predicted molar refractivity (Wildman–Crippen MR) is 125 cm³/mol. The summed E-state index contributed by atoms with van der Waals surface area (Å²) in [6.45, 7) is 0.365. The Morgan fingerprint density at radius 3 is 2.12 bits per heavy atom. The van der Waals surface area contributed by atoms with Gasteiger partial charge in [0, 0.05) is 17.8 Å². The molecule has 2 N–H and O–H groups in total. The molecular formula is C24H26FN3O4S. The molecule has 174 valence electrons. The van der Waals surface area contributed by atoms with Crippen LogP contribution in [0.3, 0.4) is 0 Å². The van der Waals surface area contributed by atoms with E-state index in [-0.39, 0.29) is 22.5 Å². The van der Waals surface area contributed by atoms with Crippen LogP contribution in [-0.2, 0) is 10.0 Å². The van der Waals surface area contributed by atoms with E-state index < -0.39 is 15.8 Å². The quantitative estimate of drug-likeness (QED) is 0.497. The molecule has 1 amide bonds. The van der Waals surface area contributed by atoms with Gasteiger partial charge in [-0.25, -0.2) is 12.8 Å². The van der Waals surface area contributed by atoms with E-state index in [1.165, 1.54) is 36.4 Å². The van der Waals surface area contributed by atoms with Crippen LogP contribution in [0.4, 0.5) is 10.1 Å². The number of hydrogen-bond donors (Lipinski definition) is 2. The molecule has 0 radical (unpaired) electrons. The summed E-state index contributed by atoms with van der Waals surface area (Å²) < 4.78 is 45.7. The maximum atomic E-state index is 13.0. The molecule has 0 bridgehead atoms. The molecule has 0 saturated heterocycles. The SMILES string of the molecule is COc1ccc([C@H](CNC(=O)c2ccc(S(=O)(=O)Nc3ccc(F)cc3)cc2)N(C)C)cc1. The topological polar surface area (TPSA) is 87.7 Å². The molecule has 7 nitrogen and oxygen atoms in total. The molecule has 3 aromatic carbocycles. The van der Waals surface area contributed by atoms with Crippen LogP contribution in [0.5, 0.6) is 5.75 Å². The fourth-order valence-electron chi connectivity index (χ4n) is 3.23. The zero-order valence-electron chi connectivity index (χ0n) is 18.6. The van der Waals surface area contributed by atoms with Crippen molar-refractivity contribution < 1.29 is 22.3 Å². The second-order valence-electron chi connectivity index (χ2n) is 7.60. The van der Waals surface area contributed by atoms with Gasteiger partial charge < -0.3 is 15.0 Å². The molecule has 3 aromatic rings. The minimum absolute atomic E-state index is 0.00669. The van der Waals surface area contributed by atoms with Crippen molar-refractivity contribution in [2.45, 2.75) is 10.9 Å². The average Bonchev–Trinajstić information content (AvgIpc) is 2.80. The van der Waals surface area contributed by atoms with Crippen molar-refractivity contribution in [2.75, 3.05) is 32.5 Å². The molecule has 0 fully saturated rings. The third-order valence-corrected chi connectivity index (χ3v) is 6.50. The van der Waals surface area contributed by atoms with Gasteiger partial charge in [0.25, 0.3) is 15.9 Å². The van der Waals surface area contributed by atoms with E-state index in [0.29, 0.717) is 12.1 Å². The van der Waals surface area contributed by atoms with Gasteiger partial charge >= 0.3 is 0 Å². The Hall–Kier alpha value is -3.43. The van der Waals surface area contributed by atoms with Crippen LogP contribution < -0.4 is 14.8 Å². The monoisotopic (exact) mass is 471 g/mol. The summed E-state index contributed by atoms with van der Waals surface area (Å²) in [6, 6.07) is 18.2. The lowest BCUT2D eigenvalue weighted by Gasteiger charge is -2.25. The third kappa shape index (κ3) is 6.30. The molecule has 0 aromatic heterocycles. The first-order valence-electron chi connectivity index (χ1n) is 10.2. The Balaban J connectivity index is 1.65. The molecule has 0 spiro atoms. The number of rotatable bonds is 9. The first-order valence-corrected chi connectivity index (χ1v) is 11.6. The second-order valence-corrected chi connectivity index (χ2v) is 9.28. The highest BCUT2D eigenvalue weighted by atomic mass is 32.2. The van der Waals surface area contributed by atoms with Gasteiger partial charge in [-0.3, -0.25) is 9.52 Å². The lowest BCUT2D eigenvalue weighted by atomic mass is 10.1. The molecule has 0 heterocycles. The Kier molecular flexibility index (Phi) is 7.67. The molecule has 3 rings (SSSR count). The number of nitrogens with zero attached hydrogens (tertiary/aromatic N) is 1. The maximum Gasteiger partial charge on any atom is 0.261 e. The van der Waals surface area contributed by atoms with Crippen molar-refractivity contribution >= 4 is 21.6 Å². The van der Waals surface area contributed by atoms with Crippen LogP contribution in [0.25, 0.3) is 0 Å². The van der Waals surface area contributed by atoms with Crippen molar-refractivity contribution in [2.24, 2.45) is 0 Å². The van der Waals surface area contributed by atoms with Gasteiger partial charge in [0.2, 0.25) is 0 Å². The zero-order chi connectivity index (χ0) is 24.0. The Bertz CT molecular complexity index is 1180. The number of benzene rings is 3. The molecule has 9 heteroatoms. The lowest BCUT2D eigenvalue weighted by molar-refractivity contribution is 0.0942. The van der Waals surface area contributed by atoms with Crippen LogP contribution in [0.1, 0.15) is 22.0 Å². The number of methoxy groups -OCH3 is 1. The van der Waals surface area contributed by atoms with Gasteiger partial charge in [0.15, 0.2) is 0 Å². The summed E-state index contributed by atoms with van der Waals surface area (Å²) in [5, 5.41) is 2.90. The summed E-state index contributed by atoms with van der Waals surface area (Å²) in [5.74, 6) is -0.0214. The van der Waals surface area contributed by atoms with Crippen molar-refractivity contribution in [1.29, 1.82) is 0 Å². The molecule has 1 atom stereocenters. The number of nitrogens with one attached hydrogen (secondary N) is 2. The Labute approximate surface area is 193 Å². The average molecular weight is 472 g/mol. The van der Waals surface area contributed by atoms with Gasteiger partial charge in [-0.05, 0) is 80.3 Å². The summed E-state index contributed by atoms with van der Waals surface area (Å²) in [7, 11) is 1.59. The van der Waals surface area contributed by atoms with E-state index in [4.69, 9.17) is 4.74 Å². The van der Waals surface area contributed by atoms with Gasteiger partial charge in [-0.15, -0.1) is 0 Å². The molecule has 0 aliphatic heterocycles. The van der Waals surface area contributed by atoms with E-state index in [9.17, 15) is 17.6 Å². The van der Waals surface area contributed by atoms with Crippen LogP contribution >= 0.6 is 0 Å².